The molecule has 1 rings (SSSR count). The molecule has 0 unspecified atom stereocenters. The van der Waals surface area contributed by atoms with Crippen LogP contribution in [-0.4, -0.2) is 5.11 Å². The zero-order chi connectivity index (χ0) is 7.61. The van der Waals surface area contributed by atoms with Crippen LogP contribution in [0.1, 0.15) is 25.1 Å². The summed E-state index contributed by atoms with van der Waals surface area (Å²) in [6, 6.07) is 3.93. The van der Waals surface area contributed by atoms with Gasteiger partial charge in [0.05, 0.1) is 5.60 Å². The van der Waals surface area contributed by atoms with Crippen LogP contribution in [0.15, 0.2) is 17.5 Å². The lowest BCUT2D eigenvalue weighted by atomic mass is 10.0. The average molecular weight is 156 g/mol. The number of hydrogen-bond donors (Lipinski definition) is 1. The summed E-state index contributed by atoms with van der Waals surface area (Å²) in [7, 11) is 0. The molecule has 2 heteroatoms. The van der Waals surface area contributed by atoms with E-state index in [4.69, 9.17) is 0 Å². The van der Waals surface area contributed by atoms with Crippen LogP contribution < -0.4 is 0 Å². The molecule has 0 aliphatic carbocycles. The second kappa shape index (κ2) is 2.72. The van der Waals surface area contributed by atoms with E-state index in [0.29, 0.717) is 0 Å². The van der Waals surface area contributed by atoms with Gasteiger partial charge in [0.25, 0.3) is 0 Å². The molecule has 0 aliphatic rings. The van der Waals surface area contributed by atoms with Gasteiger partial charge in [-0.2, -0.15) is 0 Å². The highest BCUT2D eigenvalue weighted by Gasteiger charge is 2.20. The van der Waals surface area contributed by atoms with Crippen molar-refractivity contribution in [3.05, 3.63) is 22.4 Å². The molecule has 56 valence electrons. The summed E-state index contributed by atoms with van der Waals surface area (Å²) in [5.41, 5.74) is -0.617. The van der Waals surface area contributed by atoms with Gasteiger partial charge in [0.2, 0.25) is 0 Å². The Morgan fingerprint density at radius 2 is 2.40 bits per heavy atom. The Labute approximate surface area is 65.3 Å². The van der Waals surface area contributed by atoms with Crippen molar-refractivity contribution in [2.24, 2.45) is 0 Å². The van der Waals surface area contributed by atoms with Crippen LogP contribution in [-0.2, 0) is 5.60 Å². The van der Waals surface area contributed by atoms with Crippen LogP contribution in [0, 0.1) is 0 Å². The predicted octanol–water partition coefficient (Wildman–Crippen LogP) is 2.37. The molecule has 0 saturated heterocycles. The highest BCUT2D eigenvalue weighted by molar-refractivity contribution is 7.10. The van der Waals surface area contributed by atoms with E-state index in [9.17, 15) is 5.11 Å². The van der Waals surface area contributed by atoms with Crippen molar-refractivity contribution in [3.63, 3.8) is 0 Å². The van der Waals surface area contributed by atoms with Crippen LogP contribution in [0.4, 0.5) is 0 Å². The van der Waals surface area contributed by atoms with Crippen LogP contribution in [0.3, 0.4) is 0 Å². The Morgan fingerprint density at radius 1 is 1.70 bits per heavy atom. The normalized spacial score (nSPS) is 16.7. The molecule has 1 N–H and O–H groups in total. The Morgan fingerprint density at radius 3 is 2.80 bits per heavy atom. The van der Waals surface area contributed by atoms with E-state index >= 15 is 0 Å². The minimum Gasteiger partial charge on any atom is -0.385 e. The largest absolute Gasteiger partial charge is 0.385 e. The van der Waals surface area contributed by atoms with Gasteiger partial charge < -0.3 is 5.11 Å². The molecule has 0 bridgehead atoms. The summed E-state index contributed by atoms with van der Waals surface area (Å²) in [5.74, 6) is 0. The molecule has 0 fully saturated rings. The molecule has 1 aromatic rings. The van der Waals surface area contributed by atoms with E-state index in [0.717, 1.165) is 11.3 Å². The first kappa shape index (κ1) is 7.76. The SMILES string of the molecule is CC[C@](C)(O)c1cccs1. The second-order valence-corrected chi connectivity index (χ2v) is 3.55. The van der Waals surface area contributed by atoms with Crippen molar-refractivity contribution >= 4 is 11.3 Å². The Balaban J connectivity index is 2.85. The van der Waals surface area contributed by atoms with Gasteiger partial charge in [-0.05, 0) is 24.8 Å². The summed E-state index contributed by atoms with van der Waals surface area (Å²) < 4.78 is 0. The molecule has 0 radical (unpaired) electrons. The van der Waals surface area contributed by atoms with Crippen molar-refractivity contribution < 1.29 is 5.11 Å². The maximum Gasteiger partial charge on any atom is 0.0957 e. The van der Waals surface area contributed by atoms with Crippen molar-refractivity contribution in [3.8, 4) is 0 Å². The van der Waals surface area contributed by atoms with Gasteiger partial charge in [-0.3, -0.25) is 0 Å². The Kier molecular flexibility index (Phi) is 2.11. The van der Waals surface area contributed by atoms with Crippen LogP contribution in [0.25, 0.3) is 0 Å². The fourth-order valence-electron chi connectivity index (χ4n) is 0.759. The zero-order valence-corrected chi connectivity index (χ0v) is 7.11. The topological polar surface area (TPSA) is 20.2 Å². The zero-order valence-electron chi connectivity index (χ0n) is 6.29. The van der Waals surface area contributed by atoms with E-state index in [2.05, 4.69) is 0 Å². The van der Waals surface area contributed by atoms with Crippen LogP contribution in [0.5, 0.6) is 0 Å². The van der Waals surface area contributed by atoms with Crippen LogP contribution >= 0.6 is 11.3 Å². The quantitative estimate of drug-likeness (QED) is 0.697. The molecule has 1 heterocycles. The Hall–Kier alpha value is -0.340. The minimum absolute atomic E-state index is 0.617. The van der Waals surface area contributed by atoms with Crippen LogP contribution in [0.2, 0.25) is 0 Å². The maximum absolute atomic E-state index is 9.69. The smallest absolute Gasteiger partial charge is 0.0957 e. The first-order chi connectivity index (χ1) is 4.67. The molecule has 10 heavy (non-hydrogen) atoms. The first-order valence-electron chi connectivity index (χ1n) is 3.43. The standard InChI is InChI=1S/C8H12OS/c1-3-8(2,9)7-5-4-6-10-7/h4-6,9H,3H2,1-2H3/t8-/m0/s1. The third kappa shape index (κ3) is 1.39. The highest BCUT2D eigenvalue weighted by Crippen LogP contribution is 2.27. The van der Waals surface area contributed by atoms with Gasteiger partial charge in [-0.1, -0.05) is 13.0 Å². The van der Waals surface area contributed by atoms with Gasteiger partial charge in [-0.15, -0.1) is 11.3 Å². The van der Waals surface area contributed by atoms with Gasteiger partial charge in [0, 0.05) is 4.88 Å². The van der Waals surface area contributed by atoms with Crippen molar-refractivity contribution in [2.45, 2.75) is 25.9 Å². The van der Waals surface area contributed by atoms with E-state index in [1.807, 2.05) is 31.4 Å². The van der Waals surface area contributed by atoms with Crippen molar-refractivity contribution in [2.75, 3.05) is 0 Å². The fourth-order valence-corrected chi connectivity index (χ4v) is 1.62. The van der Waals surface area contributed by atoms with E-state index < -0.39 is 5.60 Å². The number of aliphatic hydroxyl groups is 1. The third-order valence-corrected chi connectivity index (χ3v) is 2.86. The lowest BCUT2D eigenvalue weighted by Gasteiger charge is -2.18. The summed E-state index contributed by atoms with van der Waals surface area (Å²) in [5, 5.41) is 11.7. The van der Waals surface area contributed by atoms with Crippen molar-refractivity contribution in [1.82, 2.24) is 0 Å². The summed E-state index contributed by atoms with van der Waals surface area (Å²) in [6.07, 6.45) is 0.771. The second-order valence-electron chi connectivity index (χ2n) is 2.60. The lowest BCUT2D eigenvalue weighted by Crippen LogP contribution is -2.17. The third-order valence-electron chi connectivity index (χ3n) is 1.74. The molecule has 0 amide bonds. The number of thiophene rings is 1. The minimum atomic E-state index is -0.617. The molecule has 1 aromatic heterocycles. The number of rotatable bonds is 2. The fraction of sp³-hybridized carbons (Fsp3) is 0.500. The molecule has 1 nitrogen and oxygen atoms in total. The first-order valence-corrected chi connectivity index (χ1v) is 4.31. The molecule has 0 spiro atoms. The lowest BCUT2D eigenvalue weighted by molar-refractivity contribution is 0.0569. The summed E-state index contributed by atoms with van der Waals surface area (Å²) in [6.45, 7) is 3.83. The molecule has 1 atom stereocenters. The van der Waals surface area contributed by atoms with Crippen molar-refractivity contribution in [1.29, 1.82) is 0 Å². The highest BCUT2D eigenvalue weighted by atomic mass is 32.1. The molecule has 0 aromatic carbocycles. The molecule has 0 aliphatic heterocycles. The Bertz CT molecular complexity index is 189. The molecular weight excluding hydrogens is 144 g/mol. The predicted molar refractivity (Wildman–Crippen MR) is 44.2 cm³/mol. The number of hydrogen-bond acceptors (Lipinski definition) is 2. The van der Waals surface area contributed by atoms with Gasteiger partial charge in [0.1, 0.15) is 0 Å². The van der Waals surface area contributed by atoms with E-state index in [-0.39, 0.29) is 0 Å². The molecular formula is C8H12OS. The van der Waals surface area contributed by atoms with Gasteiger partial charge >= 0.3 is 0 Å². The summed E-state index contributed by atoms with van der Waals surface area (Å²) >= 11 is 1.60. The maximum atomic E-state index is 9.69. The monoisotopic (exact) mass is 156 g/mol. The average Bonchev–Trinajstić information content (AvgIpc) is 2.38. The van der Waals surface area contributed by atoms with Gasteiger partial charge in [0.15, 0.2) is 0 Å². The van der Waals surface area contributed by atoms with E-state index in [1.54, 1.807) is 11.3 Å². The van der Waals surface area contributed by atoms with E-state index in [1.165, 1.54) is 0 Å². The molecule has 0 saturated carbocycles. The summed E-state index contributed by atoms with van der Waals surface area (Å²) in [4.78, 5) is 1.05. The van der Waals surface area contributed by atoms with Gasteiger partial charge in [-0.25, -0.2) is 0 Å².